The van der Waals surface area contributed by atoms with E-state index in [0.717, 1.165) is 6.42 Å². The van der Waals surface area contributed by atoms with Crippen molar-refractivity contribution < 1.29 is 14.7 Å². The molecule has 0 aromatic carbocycles. The lowest BCUT2D eigenvalue weighted by atomic mass is 10.2. The maximum Gasteiger partial charge on any atom is 0.272 e. The molecular weight excluding hydrogens is 270 g/mol. The molecule has 21 heavy (non-hydrogen) atoms. The van der Waals surface area contributed by atoms with Crippen LogP contribution in [0.2, 0.25) is 0 Å². The number of carbonyl (C=O) groups excluding carboxylic acids is 2. The lowest BCUT2D eigenvalue weighted by molar-refractivity contribution is -0.119. The van der Waals surface area contributed by atoms with Crippen molar-refractivity contribution in [3.8, 4) is 11.8 Å². The summed E-state index contributed by atoms with van der Waals surface area (Å²) < 4.78 is 0. The highest BCUT2D eigenvalue weighted by molar-refractivity contribution is 5.92. The van der Waals surface area contributed by atoms with Crippen molar-refractivity contribution in [1.82, 2.24) is 15.2 Å². The molecule has 1 aromatic rings. The van der Waals surface area contributed by atoms with Gasteiger partial charge in [0.1, 0.15) is 12.3 Å². The molecule has 0 radical (unpaired) electrons. The number of hydrogen-bond acceptors (Lipinski definition) is 4. The highest BCUT2D eigenvalue weighted by atomic mass is 16.2. The summed E-state index contributed by atoms with van der Waals surface area (Å²) in [6.45, 7) is 2.38. The second-order valence-corrected chi connectivity index (χ2v) is 4.83. The van der Waals surface area contributed by atoms with Gasteiger partial charge in [0.25, 0.3) is 5.91 Å². The average molecular weight is 287 g/mol. The van der Waals surface area contributed by atoms with E-state index in [-0.39, 0.29) is 24.5 Å². The normalized spacial score (nSPS) is 17.0. The Bertz CT molecular complexity index is 586. The van der Waals surface area contributed by atoms with Crippen molar-refractivity contribution in [1.29, 1.82) is 0 Å². The zero-order valence-corrected chi connectivity index (χ0v) is 11.8. The number of likely N-dealkylation sites (tertiary alicyclic amines) is 1. The van der Waals surface area contributed by atoms with Crippen LogP contribution >= 0.6 is 0 Å². The number of rotatable bonds is 2. The van der Waals surface area contributed by atoms with Crippen LogP contribution in [0.1, 0.15) is 29.4 Å². The van der Waals surface area contributed by atoms with Crippen molar-refractivity contribution in [3.63, 3.8) is 0 Å². The van der Waals surface area contributed by atoms with Gasteiger partial charge < -0.3 is 15.3 Å². The van der Waals surface area contributed by atoms with Gasteiger partial charge in [-0.1, -0.05) is 11.8 Å². The Morgan fingerprint density at radius 2 is 2.33 bits per heavy atom. The van der Waals surface area contributed by atoms with Crippen LogP contribution in [0.15, 0.2) is 18.3 Å². The maximum atomic E-state index is 12.3. The van der Waals surface area contributed by atoms with Crippen molar-refractivity contribution in [2.45, 2.75) is 19.4 Å². The van der Waals surface area contributed by atoms with Gasteiger partial charge in [0.15, 0.2) is 0 Å². The first-order valence-electron chi connectivity index (χ1n) is 6.72. The van der Waals surface area contributed by atoms with Crippen LogP contribution < -0.4 is 5.32 Å². The van der Waals surface area contributed by atoms with Gasteiger partial charge in [-0.3, -0.25) is 9.59 Å². The summed E-state index contributed by atoms with van der Waals surface area (Å²) in [6, 6.07) is 3.33. The summed E-state index contributed by atoms with van der Waals surface area (Å²) in [5, 5.41) is 11.4. The molecule has 2 N–H and O–H groups in total. The first-order chi connectivity index (χ1) is 10.1. The first-order valence-corrected chi connectivity index (χ1v) is 6.72. The molecule has 1 fully saturated rings. The van der Waals surface area contributed by atoms with Gasteiger partial charge in [-0.25, -0.2) is 4.98 Å². The van der Waals surface area contributed by atoms with E-state index in [1.165, 1.54) is 13.1 Å². The van der Waals surface area contributed by atoms with Gasteiger partial charge in [0.2, 0.25) is 5.91 Å². The molecule has 1 aromatic heterocycles. The number of aliphatic hydroxyl groups excluding tert-OH is 1. The van der Waals surface area contributed by atoms with Gasteiger partial charge in [0.05, 0.1) is 0 Å². The maximum absolute atomic E-state index is 12.3. The molecule has 110 valence electrons. The van der Waals surface area contributed by atoms with E-state index in [0.29, 0.717) is 24.3 Å². The van der Waals surface area contributed by atoms with Crippen LogP contribution in [0.3, 0.4) is 0 Å². The molecule has 0 saturated carbocycles. The molecule has 0 spiro atoms. The zero-order chi connectivity index (χ0) is 15.2. The van der Waals surface area contributed by atoms with E-state index in [1.807, 2.05) is 0 Å². The minimum absolute atomic E-state index is 0.0149. The van der Waals surface area contributed by atoms with Crippen molar-refractivity contribution >= 4 is 11.8 Å². The minimum Gasteiger partial charge on any atom is -0.384 e. The Morgan fingerprint density at radius 3 is 2.95 bits per heavy atom. The number of aliphatic hydroxyl groups is 1. The van der Waals surface area contributed by atoms with E-state index >= 15 is 0 Å². The SMILES string of the molecule is CC(=O)NC1CCN(C(=O)c2ccc(C#CCO)cn2)C1. The lowest BCUT2D eigenvalue weighted by Crippen LogP contribution is -2.37. The molecule has 1 saturated heterocycles. The molecular formula is C15H17N3O3. The topological polar surface area (TPSA) is 82.5 Å². The van der Waals surface area contributed by atoms with E-state index in [2.05, 4.69) is 22.1 Å². The van der Waals surface area contributed by atoms with Gasteiger partial charge in [0, 0.05) is 37.8 Å². The highest BCUT2D eigenvalue weighted by Gasteiger charge is 2.27. The molecule has 1 atom stereocenters. The number of carbonyl (C=O) groups is 2. The highest BCUT2D eigenvalue weighted by Crippen LogP contribution is 2.13. The summed E-state index contributed by atoms with van der Waals surface area (Å²) in [7, 11) is 0. The van der Waals surface area contributed by atoms with Crippen molar-refractivity contribution in [2.75, 3.05) is 19.7 Å². The molecule has 6 heteroatoms. The van der Waals surface area contributed by atoms with Gasteiger partial charge >= 0.3 is 0 Å². The Labute approximate surface area is 123 Å². The Morgan fingerprint density at radius 1 is 1.52 bits per heavy atom. The molecule has 6 nitrogen and oxygen atoms in total. The summed E-state index contributed by atoms with van der Waals surface area (Å²) in [5.74, 6) is 5.01. The molecule has 2 heterocycles. The second-order valence-electron chi connectivity index (χ2n) is 4.83. The van der Waals surface area contributed by atoms with E-state index < -0.39 is 0 Å². The Kier molecular flexibility index (Phi) is 4.90. The first kappa shape index (κ1) is 15.0. The van der Waals surface area contributed by atoms with Crippen LogP contribution in [0.5, 0.6) is 0 Å². The molecule has 1 aliphatic heterocycles. The second kappa shape index (κ2) is 6.86. The third-order valence-electron chi connectivity index (χ3n) is 3.18. The van der Waals surface area contributed by atoms with E-state index in [9.17, 15) is 9.59 Å². The van der Waals surface area contributed by atoms with Crippen molar-refractivity contribution in [3.05, 3.63) is 29.6 Å². The quantitative estimate of drug-likeness (QED) is 0.737. The van der Waals surface area contributed by atoms with Crippen LogP contribution in [-0.4, -0.2) is 52.5 Å². The van der Waals surface area contributed by atoms with Gasteiger partial charge in [-0.05, 0) is 18.6 Å². The van der Waals surface area contributed by atoms with Crippen LogP contribution in [-0.2, 0) is 4.79 Å². The monoisotopic (exact) mass is 287 g/mol. The fourth-order valence-corrected chi connectivity index (χ4v) is 2.25. The summed E-state index contributed by atoms with van der Waals surface area (Å²) in [6.07, 6.45) is 2.27. The van der Waals surface area contributed by atoms with E-state index in [4.69, 9.17) is 5.11 Å². The van der Waals surface area contributed by atoms with Crippen molar-refractivity contribution in [2.24, 2.45) is 0 Å². The molecule has 1 unspecified atom stereocenters. The van der Waals surface area contributed by atoms with Gasteiger partial charge in [-0.15, -0.1) is 0 Å². The van der Waals surface area contributed by atoms with Gasteiger partial charge in [-0.2, -0.15) is 0 Å². The average Bonchev–Trinajstić information content (AvgIpc) is 2.92. The largest absolute Gasteiger partial charge is 0.384 e. The standard InChI is InChI=1S/C15H17N3O3/c1-11(20)17-13-6-7-18(10-13)15(21)14-5-4-12(9-16-14)3-2-8-19/h4-5,9,13,19H,6-8,10H2,1H3,(H,17,20). The van der Waals surface area contributed by atoms with Crippen LogP contribution in [0, 0.1) is 11.8 Å². The number of amides is 2. The smallest absolute Gasteiger partial charge is 0.272 e. The minimum atomic E-state index is -0.209. The third-order valence-corrected chi connectivity index (χ3v) is 3.18. The number of pyridine rings is 1. The van der Waals surface area contributed by atoms with Crippen LogP contribution in [0.4, 0.5) is 0 Å². The Hall–Kier alpha value is -2.39. The molecule has 0 bridgehead atoms. The summed E-state index contributed by atoms with van der Waals surface area (Å²) >= 11 is 0. The van der Waals surface area contributed by atoms with E-state index in [1.54, 1.807) is 17.0 Å². The fourth-order valence-electron chi connectivity index (χ4n) is 2.25. The van der Waals surface area contributed by atoms with Crippen LogP contribution in [0.25, 0.3) is 0 Å². The summed E-state index contributed by atoms with van der Waals surface area (Å²) in [4.78, 5) is 29.1. The predicted molar refractivity (Wildman–Crippen MR) is 76.3 cm³/mol. The molecule has 2 amide bonds. The Balaban J connectivity index is 1.99. The predicted octanol–water partition coefficient (Wildman–Crippen LogP) is -0.224. The zero-order valence-electron chi connectivity index (χ0n) is 11.8. The number of aromatic nitrogens is 1. The molecule has 2 rings (SSSR count). The lowest BCUT2D eigenvalue weighted by Gasteiger charge is -2.16. The fraction of sp³-hybridized carbons (Fsp3) is 0.400. The molecule has 1 aliphatic rings. The number of nitrogens with one attached hydrogen (secondary N) is 1. The third kappa shape index (κ3) is 4.04. The number of hydrogen-bond donors (Lipinski definition) is 2. The molecule has 0 aliphatic carbocycles. The number of nitrogens with zero attached hydrogens (tertiary/aromatic N) is 2. The summed E-state index contributed by atoms with van der Waals surface area (Å²) in [5.41, 5.74) is 1.01.